The lowest BCUT2D eigenvalue weighted by Gasteiger charge is -2.62. The summed E-state index contributed by atoms with van der Waals surface area (Å²) in [7, 11) is 0. The van der Waals surface area contributed by atoms with Crippen molar-refractivity contribution in [2.24, 2.45) is 16.7 Å². The van der Waals surface area contributed by atoms with Crippen LogP contribution >= 0.6 is 0 Å². The molecule has 4 rings (SSSR count). The minimum Gasteiger partial charge on any atom is -0.457 e. The van der Waals surface area contributed by atoms with Gasteiger partial charge in [-0.25, -0.2) is 4.79 Å². The van der Waals surface area contributed by atoms with Gasteiger partial charge < -0.3 is 50.0 Å². The van der Waals surface area contributed by atoms with Crippen molar-refractivity contribution >= 4 is 5.97 Å². The van der Waals surface area contributed by atoms with Crippen molar-refractivity contribution in [2.45, 2.75) is 75.2 Å². The largest absolute Gasteiger partial charge is 0.457 e. The van der Waals surface area contributed by atoms with E-state index in [1.807, 2.05) is 6.92 Å². The Morgan fingerprint density at radius 1 is 1.16 bits per heavy atom. The van der Waals surface area contributed by atoms with Crippen molar-refractivity contribution < 1.29 is 54.8 Å². The molecule has 0 radical (unpaired) electrons. The Kier molecular flexibility index (Phi) is 5.97. The SMILES string of the molecule is CC1CC=C2C13CC(OC(=O)C3O)C(C)(O)C2(CO)COC1OC(CO)C(O)C(O)C1O. The Morgan fingerprint density at radius 2 is 1.84 bits per heavy atom. The van der Waals surface area contributed by atoms with E-state index >= 15 is 0 Å². The smallest absolute Gasteiger partial charge is 0.336 e. The average molecular weight is 460 g/mol. The standard InChI is InChI=1S/C21H32O11/c1-9-3-4-11-20(7-23,8-30-18-15(26)14(25)13(24)10(6-22)31-18)19(2,29)12-5-21(9,11)16(27)17(28)32-12/h4,9-10,12-16,18,22-27,29H,3,5-8H2,1-2H3. The van der Waals surface area contributed by atoms with E-state index in [1.54, 1.807) is 6.08 Å². The number of fused-ring (bicyclic) bond motifs is 1. The van der Waals surface area contributed by atoms with E-state index in [9.17, 15) is 40.5 Å². The molecule has 4 aliphatic rings. The zero-order valence-electron chi connectivity index (χ0n) is 18.0. The molecular formula is C21H32O11. The van der Waals surface area contributed by atoms with Crippen molar-refractivity contribution in [1.82, 2.24) is 0 Å². The molecule has 7 N–H and O–H groups in total. The van der Waals surface area contributed by atoms with Crippen LogP contribution in [0.1, 0.15) is 26.7 Å². The minimum absolute atomic E-state index is 0.169. The third-order valence-corrected chi connectivity index (χ3v) is 8.27. The van der Waals surface area contributed by atoms with Crippen LogP contribution in [0.4, 0.5) is 0 Å². The van der Waals surface area contributed by atoms with E-state index in [0.29, 0.717) is 12.0 Å². The molecule has 182 valence electrons. The maximum absolute atomic E-state index is 12.4. The maximum Gasteiger partial charge on any atom is 0.336 e. The summed E-state index contributed by atoms with van der Waals surface area (Å²) in [5, 5.41) is 72.7. The Balaban J connectivity index is 1.69. The molecule has 2 heterocycles. The second kappa shape index (κ2) is 7.97. The highest BCUT2D eigenvalue weighted by Crippen LogP contribution is 2.65. The summed E-state index contributed by atoms with van der Waals surface area (Å²) in [6, 6.07) is 0. The number of ether oxygens (including phenoxy) is 3. The average Bonchev–Trinajstić information content (AvgIpc) is 3.08. The molecule has 0 aromatic rings. The number of allylic oxidation sites excluding steroid dienone is 1. The van der Waals surface area contributed by atoms with E-state index in [4.69, 9.17) is 14.2 Å². The summed E-state index contributed by atoms with van der Waals surface area (Å²) in [6.45, 7) is 1.62. The molecule has 11 unspecified atom stereocenters. The van der Waals surface area contributed by atoms with Gasteiger partial charge in [0.1, 0.15) is 36.1 Å². The highest BCUT2D eigenvalue weighted by atomic mass is 16.7. The molecule has 0 aromatic heterocycles. The van der Waals surface area contributed by atoms with Crippen LogP contribution in [0.15, 0.2) is 11.6 Å². The summed E-state index contributed by atoms with van der Waals surface area (Å²) in [5.74, 6) is -1.00. The number of aliphatic hydroxyl groups excluding tert-OH is 6. The molecule has 2 aliphatic carbocycles. The van der Waals surface area contributed by atoms with E-state index in [1.165, 1.54) is 6.92 Å². The topological polar surface area (TPSA) is 186 Å². The van der Waals surface area contributed by atoms with Crippen molar-refractivity contribution in [1.29, 1.82) is 0 Å². The number of esters is 1. The van der Waals surface area contributed by atoms with Gasteiger partial charge in [-0.15, -0.1) is 0 Å². The first kappa shape index (κ1) is 24.0. The lowest BCUT2D eigenvalue weighted by Crippen LogP contribution is -2.72. The fourth-order valence-electron chi connectivity index (χ4n) is 6.04. The summed E-state index contributed by atoms with van der Waals surface area (Å²) in [5.41, 5.74) is -3.90. The Morgan fingerprint density at radius 3 is 2.47 bits per heavy atom. The van der Waals surface area contributed by atoms with Crippen LogP contribution in [-0.2, 0) is 19.0 Å². The summed E-state index contributed by atoms with van der Waals surface area (Å²) < 4.78 is 16.5. The predicted molar refractivity (Wildman–Crippen MR) is 105 cm³/mol. The van der Waals surface area contributed by atoms with Crippen LogP contribution < -0.4 is 0 Å². The van der Waals surface area contributed by atoms with Crippen molar-refractivity contribution in [3.63, 3.8) is 0 Å². The molecule has 2 saturated heterocycles. The van der Waals surface area contributed by atoms with Crippen LogP contribution in [0, 0.1) is 16.7 Å². The summed E-state index contributed by atoms with van der Waals surface area (Å²) >= 11 is 0. The Labute approximate surface area is 184 Å². The van der Waals surface area contributed by atoms with Crippen molar-refractivity contribution in [2.75, 3.05) is 19.8 Å². The molecule has 11 heteroatoms. The van der Waals surface area contributed by atoms with Crippen LogP contribution in [0.5, 0.6) is 0 Å². The van der Waals surface area contributed by atoms with Gasteiger partial charge in [0.2, 0.25) is 0 Å². The van der Waals surface area contributed by atoms with Crippen LogP contribution in [0.3, 0.4) is 0 Å². The molecule has 1 saturated carbocycles. The van der Waals surface area contributed by atoms with E-state index in [2.05, 4.69) is 0 Å². The number of carbonyl (C=O) groups is 1. The molecule has 0 amide bonds. The van der Waals surface area contributed by atoms with Gasteiger partial charge in [-0.1, -0.05) is 18.6 Å². The first-order chi connectivity index (χ1) is 15.0. The molecule has 3 fully saturated rings. The quantitative estimate of drug-likeness (QED) is 0.166. The molecule has 32 heavy (non-hydrogen) atoms. The predicted octanol–water partition coefficient (Wildman–Crippen LogP) is -2.82. The highest BCUT2D eigenvalue weighted by molar-refractivity contribution is 5.79. The van der Waals surface area contributed by atoms with Crippen molar-refractivity contribution in [3.8, 4) is 0 Å². The van der Waals surface area contributed by atoms with Gasteiger partial charge >= 0.3 is 5.97 Å². The maximum atomic E-state index is 12.4. The lowest BCUT2D eigenvalue weighted by atomic mass is 9.48. The number of hydrogen-bond donors (Lipinski definition) is 7. The van der Waals surface area contributed by atoms with E-state index in [-0.39, 0.29) is 12.3 Å². The van der Waals surface area contributed by atoms with E-state index in [0.717, 1.165) is 0 Å². The molecule has 11 nitrogen and oxygen atoms in total. The third kappa shape index (κ3) is 2.97. The molecule has 2 aliphatic heterocycles. The second-order valence-corrected chi connectivity index (χ2v) is 9.72. The Bertz CT molecular complexity index is 782. The van der Waals surface area contributed by atoms with Gasteiger partial charge in [0.25, 0.3) is 0 Å². The van der Waals surface area contributed by atoms with Crippen LogP contribution in [-0.4, -0.2) is 110 Å². The normalized spacial score (nSPS) is 52.9. The third-order valence-electron chi connectivity index (χ3n) is 8.27. The number of carbonyl (C=O) groups excluding carboxylic acids is 1. The molecule has 0 aromatic carbocycles. The zero-order valence-corrected chi connectivity index (χ0v) is 18.0. The Hall–Kier alpha value is -1.15. The summed E-state index contributed by atoms with van der Waals surface area (Å²) in [6.07, 6.45) is -7.55. The monoisotopic (exact) mass is 460 g/mol. The summed E-state index contributed by atoms with van der Waals surface area (Å²) in [4.78, 5) is 12.4. The van der Waals surface area contributed by atoms with Crippen molar-refractivity contribution in [3.05, 3.63) is 11.6 Å². The van der Waals surface area contributed by atoms with Crippen LogP contribution in [0.25, 0.3) is 0 Å². The molecule has 2 bridgehead atoms. The van der Waals surface area contributed by atoms with Gasteiger partial charge in [0, 0.05) is 5.41 Å². The fraction of sp³-hybridized carbons (Fsp3) is 0.857. The zero-order chi connectivity index (χ0) is 23.6. The minimum atomic E-state index is -1.80. The molecule has 1 spiro atoms. The fourth-order valence-corrected chi connectivity index (χ4v) is 6.04. The van der Waals surface area contributed by atoms with Gasteiger partial charge in [0.15, 0.2) is 12.4 Å². The number of rotatable bonds is 5. The van der Waals surface area contributed by atoms with Gasteiger partial charge in [-0.05, 0) is 25.7 Å². The van der Waals surface area contributed by atoms with Gasteiger partial charge in [-0.3, -0.25) is 0 Å². The van der Waals surface area contributed by atoms with Gasteiger partial charge in [0.05, 0.1) is 25.2 Å². The molecular weight excluding hydrogens is 428 g/mol. The lowest BCUT2D eigenvalue weighted by molar-refractivity contribution is -0.318. The second-order valence-electron chi connectivity index (χ2n) is 9.72. The van der Waals surface area contributed by atoms with E-state index < -0.39 is 85.1 Å². The molecule has 11 atom stereocenters. The number of aliphatic hydroxyl groups is 7. The number of hydrogen-bond acceptors (Lipinski definition) is 11. The highest BCUT2D eigenvalue weighted by Gasteiger charge is 2.72. The van der Waals surface area contributed by atoms with Crippen LogP contribution in [0.2, 0.25) is 0 Å². The first-order valence-electron chi connectivity index (χ1n) is 10.8. The van der Waals surface area contributed by atoms with Gasteiger partial charge in [-0.2, -0.15) is 0 Å². The first-order valence-corrected chi connectivity index (χ1v) is 10.8.